The predicted molar refractivity (Wildman–Crippen MR) is 113 cm³/mol. The van der Waals surface area contributed by atoms with Crippen molar-refractivity contribution in [1.82, 2.24) is 10.3 Å². The van der Waals surface area contributed by atoms with Crippen molar-refractivity contribution < 1.29 is 14.3 Å². The Morgan fingerprint density at radius 2 is 1.80 bits per heavy atom. The molecule has 0 aliphatic carbocycles. The van der Waals surface area contributed by atoms with Crippen LogP contribution in [-0.2, 0) is 27.2 Å². The molecule has 0 unspecified atom stereocenters. The number of ether oxygens (including phenoxy) is 1. The smallest absolute Gasteiger partial charge is 0.306 e. The van der Waals surface area contributed by atoms with Gasteiger partial charge in [-0.2, -0.15) is 5.26 Å². The van der Waals surface area contributed by atoms with Gasteiger partial charge >= 0.3 is 5.97 Å². The van der Waals surface area contributed by atoms with E-state index in [9.17, 15) is 14.4 Å². The predicted octanol–water partition coefficient (Wildman–Crippen LogP) is 2.40. The SMILES string of the molecule is Cc1ccc(CCC(=O)NCCOC(=O)CCc2c(C)[nH]c(=O)c(C#N)c2C)cc1. The maximum absolute atomic E-state index is 12.0. The van der Waals surface area contributed by atoms with Gasteiger partial charge in [0.2, 0.25) is 5.91 Å². The number of nitriles is 1. The minimum atomic E-state index is -0.419. The molecular formula is C23H27N3O4. The summed E-state index contributed by atoms with van der Waals surface area (Å²) in [6.07, 6.45) is 1.53. The first-order valence-corrected chi connectivity index (χ1v) is 9.92. The van der Waals surface area contributed by atoms with E-state index in [0.717, 1.165) is 11.1 Å². The number of carbonyl (C=O) groups excluding carboxylic acids is 2. The van der Waals surface area contributed by atoms with E-state index in [1.807, 2.05) is 37.3 Å². The van der Waals surface area contributed by atoms with Crippen LogP contribution in [0.2, 0.25) is 0 Å². The summed E-state index contributed by atoms with van der Waals surface area (Å²) in [6.45, 7) is 5.82. The zero-order chi connectivity index (χ0) is 22.1. The molecule has 0 saturated heterocycles. The average molecular weight is 409 g/mol. The number of H-pyrrole nitrogens is 1. The monoisotopic (exact) mass is 409 g/mol. The van der Waals surface area contributed by atoms with E-state index in [2.05, 4.69) is 10.3 Å². The highest BCUT2D eigenvalue weighted by atomic mass is 16.5. The lowest BCUT2D eigenvalue weighted by atomic mass is 9.99. The van der Waals surface area contributed by atoms with Crippen LogP contribution in [0.15, 0.2) is 29.1 Å². The Morgan fingerprint density at radius 3 is 2.47 bits per heavy atom. The summed E-state index contributed by atoms with van der Waals surface area (Å²) in [4.78, 5) is 38.3. The van der Waals surface area contributed by atoms with Crippen molar-refractivity contribution in [2.45, 2.75) is 46.5 Å². The summed E-state index contributed by atoms with van der Waals surface area (Å²) < 4.78 is 5.16. The number of aromatic nitrogens is 1. The third-order valence-electron chi connectivity index (χ3n) is 4.95. The van der Waals surface area contributed by atoms with Crippen molar-refractivity contribution >= 4 is 11.9 Å². The van der Waals surface area contributed by atoms with Crippen LogP contribution in [-0.4, -0.2) is 30.0 Å². The number of pyridine rings is 1. The van der Waals surface area contributed by atoms with Gasteiger partial charge in [-0.3, -0.25) is 14.4 Å². The van der Waals surface area contributed by atoms with E-state index in [4.69, 9.17) is 10.00 Å². The van der Waals surface area contributed by atoms with Gasteiger partial charge in [0.05, 0.1) is 6.54 Å². The molecule has 30 heavy (non-hydrogen) atoms. The molecule has 2 aromatic rings. The maximum Gasteiger partial charge on any atom is 0.306 e. The summed E-state index contributed by atoms with van der Waals surface area (Å²) in [6, 6.07) is 9.95. The topological polar surface area (TPSA) is 112 Å². The van der Waals surface area contributed by atoms with E-state index >= 15 is 0 Å². The van der Waals surface area contributed by atoms with E-state index < -0.39 is 11.5 Å². The molecule has 2 rings (SSSR count). The number of hydrogen-bond acceptors (Lipinski definition) is 5. The number of rotatable bonds is 9. The van der Waals surface area contributed by atoms with Crippen LogP contribution in [0.25, 0.3) is 0 Å². The second kappa shape index (κ2) is 11.0. The molecule has 0 bridgehead atoms. The summed E-state index contributed by atoms with van der Waals surface area (Å²) in [5.41, 5.74) is 3.94. The van der Waals surface area contributed by atoms with Crippen LogP contribution < -0.4 is 10.9 Å². The number of aromatic amines is 1. The molecule has 0 atom stereocenters. The van der Waals surface area contributed by atoms with Crippen LogP contribution in [0.1, 0.15) is 46.4 Å². The molecule has 1 heterocycles. The first-order valence-electron chi connectivity index (χ1n) is 9.92. The molecule has 0 radical (unpaired) electrons. The zero-order valence-corrected chi connectivity index (χ0v) is 17.6. The Morgan fingerprint density at radius 1 is 1.10 bits per heavy atom. The molecule has 1 amide bonds. The van der Waals surface area contributed by atoms with Gasteiger partial charge in [0, 0.05) is 18.5 Å². The number of carbonyl (C=O) groups is 2. The van der Waals surface area contributed by atoms with Crippen molar-refractivity contribution in [3.8, 4) is 6.07 Å². The Hall–Kier alpha value is -3.40. The standard InChI is InChI=1S/C23H27N3O4/c1-15-4-6-18(7-5-15)8-10-21(27)25-12-13-30-22(28)11-9-19-16(2)20(14-24)23(29)26-17(19)3/h4-7H,8-13H2,1-3H3,(H,25,27)(H,26,29). The minimum Gasteiger partial charge on any atom is -0.464 e. The third kappa shape index (κ3) is 6.59. The van der Waals surface area contributed by atoms with Gasteiger partial charge in [0.25, 0.3) is 5.56 Å². The molecule has 0 saturated carbocycles. The fourth-order valence-corrected chi connectivity index (χ4v) is 3.18. The molecule has 1 aromatic carbocycles. The lowest BCUT2D eigenvalue weighted by Crippen LogP contribution is -2.28. The Balaban J connectivity index is 1.69. The van der Waals surface area contributed by atoms with Crippen LogP contribution in [0.5, 0.6) is 0 Å². The lowest BCUT2D eigenvalue weighted by Gasteiger charge is -2.11. The number of amides is 1. The number of nitrogens with zero attached hydrogens (tertiary/aromatic N) is 1. The molecule has 7 nitrogen and oxygen atoms in total. The van der Waals surface area contributed by atoms with Crippen LogP contribution >= 0.6 is 0 Å². The zero-order valence-electron chi connectivity index (χ0n) is 17.6. The highest BCUT2D eigenvalue weighted by molar-refractivity contribution is 5.76. The highest BCUT2D eigenvalue weighted by Crippen LogP contribution is 2.15. The van der Waals surface area contributed by atoms with E-state index in [-0.39, 0.29) is 31.0 Å². The van der Waals surface area contributed by atoms with Crippen molar-refractivity contribution in [1.29, 1.82) is 5.26 Å². The number of nitrogens with one attached hydrogen (secondary N) is 2. The van der Waals surface area contributed by atoms with Gasteiger partial charge in [0.15, 0.2) is 0 Å². The fourth-order valence-electron chi connectivity index (χ4n) is 3.18. The molecule has 2 N–H and O–H groups in total. The highest BCUT2D eigenvalue weighted by Gasteiger charge is 2.14. The summed E-state index contributed by atoms with van der Waals surface area (Å²) in [7, 11) is 0. The first-order chi connectivity index (χ1) is 14.3. The molecule has 7 heteroatoms. The number of aryl methyl sites for hydroxylation is 3. The van der Waals surface area contributed by atoms with Crippen molar-refractivity contribution in [2.75, 3.05) is 13.2 Å². The van der Waals surface area contributed by atoms with Crippen LogP contribution in [0.3, 0.4) is 0 Å². The van der Waals surface area contributed by atoms with Gasteiger partial charge in [-0.15, -0.1) is 0 Å². The van der Waals surface area contributed by atoms with Crippen molar-refractivity contribution in [2.24, 2.45) is 0 Å². The molecule has 0 fully saturated rings. The van der Waals surface area contributed by atoms with E-state index in [1.54, 1.807) is 13.8 Å². The first kappa shape index (κ1) is 22.9. The van der Waals surface area contributed by atoms with Crippen molar-refractivity contribution in [3.05, 3.63) is 68.1 Å². The second-order valence-electron chi connectivity index (χ2n) is 7.23. The number of hydrogen-bond donors (Lipinski definition) is 2. The quantitative estimate of drug-likeness (QED) is 0.488. The van der Waals surface area contributed by atoms with Gasteiger partial charge in [-0.1, -0.05) is 29.8 Å². The summed E-state index contributed by atoms with van der Waals surface area (Å²) in [5, 5.41) is 11.8. The molecular weight excluding hydrogens is 382 g/mol. The number of esters is 1. The minimum absolute atomic E-state index is 0.0670. The second-order valence-corrected chi connectivity index (χ2v) is 7.23. The van der Waals surface area contributed by atoms with Gasteiger partial charge in [-0.25, -0.2) is 0 Å². The molecule has 1 aromatic heterocycles. The summed E-state index contributed by atoms with van der Waals surface area (Å²) >= 11 is 0. The molecule has 0 aliphatic heterocycles. The Labute approximate surface area is 176 Å². The molecule has 0 spiro atoms. The Bertz CT molecular complexity index is 1000. The third-order valence-corrected chi connectivity index (χ3v) is 4.95. The van der Waals surface area contributed by atoms with Gasteiger partial charge in [-0.05, 0) is 50.3 Å². The van der Waals surface area contributed by atoms with E-state index in [0.29, 0.717) is 30.5 Å². The normalized spacial score (nSPS) is 10.3. The summed E-state index contributed by atoms with van der Waals surface area (Å²) in [5.74, 6) is -0.484. The van der Waals surface area contributed by atoms with Gasteiger partial charge < -0.3 is 15.0 Å². The van der Waals surface area contributed by atoms with Crippen LogP contribution in [0.4, 0.5) is 0 Å². The Kier molecular flexibility index (Phi) is 8.36. The van der Waals surface area contributed by atoms with Crippen molar-refractivity contribution in [3.63, 3.8) is 0 Å². The fraction of sp³-hybridized carbons (Fsp3) is 0.391. The van der Waals surface area contributed by atoms with Crippen LogP contribution in [0, 0.1) is 32.1 Å². The number of benzene rings is 1. The largest absolute Gasteiger partial charge is 0.464 e. The maximum atomic E-state index is 12.0. The molecule has 158 valence electrons. The van der Waals surface area contributed by atoms with E-state index in [1.165, 1.54) is 5.56 Å². The average Bonchev–Trinajstić information content (AvgIpc) is 2.70. The molecule has 0 aliphatic rings. The lowest BCUT2D eigenvalue weighted by molar-refractivity contribution is -0.143. The van der Waals surface area contributed by atoms with Gasteiger partial charge in [0.1, 0.15) is 18.2 Å².